The van der Waals surface area contributed by atoms with Crippen molar-refractivity contribution in [1.82, 2.24) is 4.57 Å². The van der Waals surface area contributed by atoms with Crippen molar-refractivity contribution in [3.8, 4) is 5.75 Å². The molecule has 0 radical (unpaired) electrons. The highest BCUT2D eigenvalue weighted by molar-refractivity contribution is 6.04. The van der Waals surface area contributed by atoms with Gasteiger partial charge in [-0.3, -0.25) is 9.59 Å². The van der Waals surface area contributed by atoms with E-state index in [1.54, 1.807) is 48.5 Å². The molecule has 0 spiro atoms. The van der Waals surface area contributed by atoms with Crippen LogP contribution in [0, 0.1) is 6.92 Å². The number of benzene rings is 2. The molecule has 0 aliphatic carbocycles. The van der Waals surface area contributed by atoms with Crippen LogP contribution in [-0.2, 0) is 11.3 Å². The van der Waals surface area contributed by atoms with Gasteiger partial charge in [0.2, 0.25) is 0 Å². The number of carbonyl (C=O) groups is 2. The number of hydrogen-bond donors (Lipinski definition) is 1. The summed E-state index contributed by atoms with van der Waals surface area (Å²) in [6, 6.07) is 18.4. The van der Waals surface area contributed by atoms with Gasteiger partial charge in [0, 0.05) is 23.5 Å². The standard InChI is InChI=1S/C21H18N2O4/c1-15-5-4-6-16(13-15)21(26)22-17-8-10-18(11-9-17)27-20(25)14-23-12-3-2-7-19(23)24/h2-13H,14H2,1H3,(H,22,26). The van der Waals surface area contributed by atoms with E-state index in [2.05, 4.69) is 5.32 Å². The Morgan fingerprint density at radius 1 is 1.00 bits per heavy atom. The van der Waals surface area contributed by atoms with E-state index < -0.39 is 5.97 Å². The predicted octanol–water partition coefficient (Wildman–Crippen LogP) is 3.01. The third-order valence-corrected chi connectivity index (χ3v) is 3.82. The van der Waals surface area contributed by atoms with Crippen molar-refractivity contribution in [2.45, 2.75) is 13.5 Å². The van der Waals surface area contributed by atoms with Crippen LogP contribution in [0.1, 0.15) is 15.9 Å². The molecule has 0 aliphatic rings. The lowest BCUT2D eigenvalue weighted by Gasteiger charge is -2.08. The molecule has 0 unspecified atom stereocenters. The average molecular weight is 362 g/mol. The molecule has 2 aromatic carbocycles. The van der Waals surface area contributed by atoms with Gasteiger partial charge in [-0.1, -0.05) is 23.8 Å². The molecular formula is C21H18N2O4. The maximum Gasteiger partial charge on any atom is 0.331 e. The lowest BCUT2D eigenvalue weighted by atomic mass is 10.1. The number of pyridine rings is 1. The van der Waals surface area contributed by atoms with Gasteiger partial charge in [-0.05, 0) is 49.4 Å². The number of aryl methyl sites for hydroxylation is 1. The maximum atomic E-state index is 12.2. The van der Waals surface area contributed by atoms with E-state index in [-0.39, 0.29) is 18.0 Å². The molecule has 1 amide bonds. The van der Waals surface area contributed by atoms with Crippen LogP contribution in [0.2, 0.25) is 0 Å². The van der Waals surface area contributed by atoms with Gasteiger partial charge in [0.25, 0.3) is 11.5 Å². The number of anilines is 1. The van der Waals surface area contributed by atoms with Crippen LogP contribution in [0.3, 0.4) is 0 Å². The SMILES string of the molecule is Cc1cccc(C(=O)Nc2ccc(OC(=O)Cn3ccccc3=O)cc2)c1. The first-order valence-corrected chi connectivity index (χ1v) is 8.35. The van der Waals surface area contributed by atoms with Crippen LogP contribution >= 0.6 is 0 Å². The number of esters is 1. The Balaban J connectivity index is 1.60. The number of carbonyl (C=O) groups excluding carboxylic acids is 2. The molecule has 3 aromatic rings. The Morgan fingerprint density at radius 3 is 2.48 bits per heavy atom. The largest absolute Gasteiger partial charge is 0.425 e. The lowest BCUT2D eigenvalue weighted by Crippen LogP contribution is -2.25. The molecule has 1 aromatic heterocycles. The van der Waals surface area contributed by atoms with Crippen molar-refractivity contribution >= 4 is 17.6 Å². The fraction of sp³-hybridized carbons (Fsp3) is 0.0952. The van der Waals surface area contributed by atoms with E-state index in [0.717, 1.165) is 5.56 Å². The summed E-state index contributed by atoms with van der Waals surface area (Å²) in [7, 11) is 0. The molecular weight excluding hydrogens is 344 g/mol. The van der Waals surface area contributed by atoms with E-state index in [0.29, 0.717) is 17.0 Å². The highest BCUT2D eigenvalue weighted by Crippen LogP contribution is 2.17. The summed E-state index contributed by atoms with van der Waals surface area (Å²) >= 11 is 0. The second-order valence-electron chi connectivity index (χ2n) is 5.99. The number of rotatable bonds is 5. The minimum Gasteiger partial charge on any atom is -0.425 e. The molecule has 1 N–H and O–H groups in total. The predicted molar refractivity (Wildman–Crippen MR) is 102 cm³/mol. The maximum absolute atomic E-state index is 12.2. The molecule has 1 heterocycles. The third-order valence-electron chi connectivity index (χ3n) is 3.82. The molecule has 6 nitrogen and oxygen atoms in total. The van der Waals surface area contributed by atoms with Crippen LogP contribution in [0.25, 0.3) is 0 Å². The number of ether oxygens (including phenoxy) is 1. The summed E-state index contributed by atoms with van der Waals surface area (Å²) in [6.45, 7) is 1.75. The van der Waals surface area contributed by atoms with Gasteiger partial charge in [0.15, 0.2) is 0 Å². The number of nitrogens with zero attached hydrogens (tertiary/aromatic N) is 1. The zero-order chi connectivity index (χ0) is 19.2. The first kappa shape index (κ1) is 18.1. The molecule has 6 heteroatoms. The summed E-state index contributed by atoms with van der Waals surface area (Å²) in [6.07, 6.45) is 1.52. The molecule has 0 fully saturated rings. The molecule has 3 rings (SSSR count). The van der Waals surface area contributed by atoms with Gasteiger partial charge in [-0.2, -0.15) is 0 Å². The zero-order valence-corrected chi connectivity index (χ0v) is 14.7. The average Bonchev–Trinajstić information content (AvgIpc) is 2.65. The van der Waals surface area contributed by atoms with Gasteiger partial charge in [-0.25, -0.2) is 4.79 Å². The second-order valence-corrected chi connectivity index (χ2v) is 5.99. The van der Waals surface area contributed by atoms with Crippen LogP contribution in [0.4, 0.5) is 5.69 Å². The monoisotopic (exact) mass is 362 g/mol. The van der Waals surface area contributed by atoms with Crippen molar-refractivity contribution < 1.29 is 14.3 Å². The van der Waals surface area contributed by atoms with Crippen molar-refractivity contribution in [3.05, 3.63) is 94.4 Å². The lowest BCUT2D eigenvalue weighted by molar-refractivity contribution is -0.135. The minimum absolute atomic E-state index is 0.175. The van der Waals surface area contributed by atoms with Crippen LogP contribution < -0.4 is 15.6 Å². The third kappa shape index (κ3) is 4.92. The first-order valence-electron chi connectivity index (χ1n) is 8.35. The summed E-state index contributed by atoms with van der Waals surface area (Å²) in [5, 5.41) is 2.79. The number of amides is 1. The van der Waals surface area contributed by atoms with Crippen molar-refractivity contribution in [2.75, 3.05) is 5.32 Å². The van der Waals surface area contributed by atoms with Crippen LogP contribution in [0.15, 0.2) is 77.7 Å². The summed E-state index contributed by atoms with van der Waals surface area (Å²) in [4.78, 5) is 35.8. The number of hydrogen-bond acceptors (Lipinski definition) is 4. The second kappa shape index (κ2) is 8.14. The van der Waals surface area contributed by atoms with Crippen molar-refractivity contribution in [1.29, 1.82) is 0 Å². The topological polar surface area (TPSA) is 77.4 Å². The Hall–Kier alpha value is -3.67. The van der Waals surface area contributed by atoms with E-state index in [9.17, 15) is 14.4 Å². The first-order chi connectivity index (χ1) is 13.0. The van der Waals surface area contributed by atoms with E-state index in [4.69, 9.17) is 4.74 Å². The Bertz CT molecular complexity index is 1020. The summed E-state index contributed by atoms with van der Waals surface area (Å²) in [5.74, 6) is -0.440. The summed E-state index contributed by atoms with van der Waals surface area (Å²) < 4.78 is 6.48. The molecule has 0 saturated heterocycles. The highest BCUT2D eigenvalue weighted by atomic mass is 16.5. The van der Waals surface area contributed by atoms with Gasteiger partial charge in [0.1, 0.15) is 12.3 Å². The fourth-order valence-electron chi connectivity index (χ4n) is 2.49. The van der Waals surface area contributed by atoms with E-state index >= 15 is 0 Å². The molecule has 0 atom stereocenters. The van der Waals surface area contributed by atoms with Crippen LogP contribution in [0.5, 0.6) is 5.75 Å². The minimum atomic E-state index is -0.556. The smallest absolute Gasteiger partial charge is 0.331 e. The quantitative estimate of drug-likeness (QED) is 0.559. The van der Waals surface area contributed by atoms with Gasteiger partial charge >= 0.3 is 5.97 Å². The van der Waals surface area contributed by atoms with E-state index in [1.165, 1.54) is 16.8 Å². The van der Waals surface area contributed by atoms with Crippen molar-refractivity contribution in [2.24, 2.45) is 0 Å². The van der Waals surface area contributed by atoms with Gasteiger partial charge in [-0.15, -0.1) is 0 Å². The van der Waals surface area contributed by atoms with Gasteiger partial charge in [0.05, 0.1) is 0 Å². The fourth-order valence-corrected chi connectivity index (χ4v) is 2.49. The molecule has 136 valence electrons. The zero-order valence-electron chi connectivity index (χ0n) is 14.7. The van der Waals surface area contributed by atoms with Crippen LogP contribution in [-0.4, -0.2) is 16.4 Å². The number of aromatic nitrogens is 1. The normalized spacial score (nSPS) is 10.3. The Kier molecular flexibility index (Phi) is 5.47. The highest BCUT2D eigenvalue weighted by Gasteiger charge is 2.09. The van der Waals surface area contributed by atoms with Gasteiger partial charge < -0.3 is 14.6 Å². The Morgan fingerprint density at radius 2 is 1.78 bits per heavy atom. The molecule has 0 aliphatic heterocycles. The summed E-state index contributed by atoms with van der Waals surface area (Å²) in [5.41, 5.74) is 1.88. The molecule has 27 heavy (non-hydrogen) atoms. The van der Waals surface area contributed by atoms with Crippen molar-refractivity contribution in [3.63, 3.8) is 0 Å². The number of nitrogens with one attached hydrogen (secondary N) is 1. The molecule has 0 bridgehead atoms. The Labute approximate surface area is 156 Å². The van der Waals surface area contributed by atoms with E-state index in [1.807, 2.05) is 19.1 Å². The molecule has 0 saturated carbocycles.